The minimum absolute atomic E-state index is 0.0241. The van der Waals surface area contributed by atoms with Gasteiger partial charge in [0.05, 0.1) is 10.7 Å². The van der Waals surface area contributed by atoms with E-state index in [9.17, 15) is 14.4 Å². The monoisotopic (exact) mass is 603 g/mol. The highest BCUT2D eigenvalue weighted by molar-refractivity contribution is 7.80. The van der Waals surface area contributed by atoms with Crippen molar-refractivity contribution in [3.05, 3.63) is 63.7 Å². The van der Waals surface area contributed by atoms with Gasteiger partial charge in [-0.3, -0.25) is 9.59 Å². The molecular weight excluding hydrogens is 558 g/mol. The lowest BCUT2D eigenvalue weighted by atomic mass is 9.93. The number of halogens is 1. The molecule has 3 atom stereocenters. The van der Waals surface area contributed by atoms with Gasteiger partial charge in [0.25, 0.3) is 5.91 Å². The van der Waals surface area contributed by atoms with E-state index in [0.29, 0.717) is 28.6 Å². The SMILES string of the molecule is Cc1ccc(C(C(=O)Nc2c(C)cccc2Cl)N(C(=O)C(CS)NC(=O)OC(C)(C)C)C(C)CCC(C)C)c(C)c1. The maximum absolute atomic E-state index is 14.3. The van der Waals surface area contributed by atoms with Crippen molar-refractivity contribution >= 4 is 47.8 Å². The van der Waals surface area contributed by atoms with Gasteiger partial charge in [0.15, 0.2) is 0 Å². The lowest BCUT2D eigenvalue weighted by molar-refractivity contribution is -0.143. The van der Waals surface area contributed by atoms with Crippen LogP contribution in [0.5, 0.6) is 0 Å². The molecule has 0 aromatic heterocycles. The number of ether oxygens (including phenoxy) is 1. The van der Waals surface area contributed by atoms with E-state index in [1.54, 1.807) is 31.7 Å². The fourth-order valence-corrected chi connectivity index (χ4v) is 5.18. The number of alkyl carbamates (subject to hydrolysis) is 1. The number of hydrogen-bond donors (Lipinski definition) is 3. The van der Waals surface area contributed by atoms with Gasteiger partial charge in [-0.15, -0.1) is 0 Å². The lowest BCUT2D eigenvalue weighted by Crippen LogP contribution is -2.55. The molecule has 3 unspecified atom stereocenters. The number of rotatable bonds is 11. The van der Waals surface area contributed by atoms with E-state index in [1.807, 2.05) is 58.0 Å². The molecule has 7 nitrogen and oxygen atoms in total. The van der Waals surface area contributed by atoms with Crippen LogP contribution in [0.25, 0.3) is 0 Å². The molecule has 0 saturated carbocycles. The number of thiol groups is 1. The number of carbonyl (C=O) groups is 3. The minimum Gasteiger partial charge on any atom is -0.444 e. The summed E-state index contributed by atoms with van der Waals surface area (Å²) >= 11 is 10.9. The quantitative estimate of drug-likeness (QED) is 0.233. The van der Waals surface area contributed by atoms with Crippen molar-refractivity contribution in [2.75, 3.05) is 11.1 Å². The molecule has 9 heteroatoms. The average molecular weight is 604 g/mol. The fourth-order valence-electron chi connectivity index (χ4n) is 4.66. The molecule has 2 N–H and O–H groups in total. The summed E-state index contributed by atoms with van der Waals surface area (Å²) in [6.07, 6.45) is 0.786. The first-order valence-corrected chi connectivity index (χ1v) is 15.1. The standard InChI is InChI=1S/C32H46ClN3O4S/c1-19(2)13-15-23(6)36(30(38)26(18-41)34-31(39)40-32(7,8)9)28(24-16-14-20(3)17-22(24)5)29(37)35-27-21(4)11-10-12-25(27)33/h10-12,14,16-17,19,23,26,28,41H,13,15,18H2,1-9H3,(H,34,39)(H,35,37). The van der Waals surface area contributed by atoms with Crippen LogP contribution in [0.4, 0.5) is 10.5 Å². The molecule has 2 aromatic rings. The van der Waals surface area contributed by atoms with E-state index in [-0.39, 0.29) is 11.8 Å². The second-order valence-electron chi connectivity index (χ2n) is 12.1. The summed E-state index contributed by atoms with van der Waals surface area (Å²) in [4.78, 5) is 42.9. The molecule has 0 heterocycles. The van der Waals surface area contributed by atoms with Crippen molar-refractivity contribution in [3.63, 3.8) is 0 Å². The van der Waals surface area contributed by atoms with Crippen LogP contribution in [0.15, 0.2) is 36.4 Å². The maximum Gasteiger partial charge on any atom is 0.408 e. The number of carbonyl (C=O) groups excluding carboxylic acids is 3. The molecule has 0 fully saturated rings. The Hall–Kier alpha value is -2.71. The molecular formula is C32H46ClN3O4S. The van der Waals surface area contributed by atoms with Gasteiger partial charge in [0, 0.05) is 11.8 Å². The zero-order valence-electron chi connectivity index (χ0n) is 25.8. The number of amides is 3. The summed E-state index contributed by atoms with van der Waals surface area (Å²) in [6, 6.07) is 8.86. The second-order valence-corrected chi connectivity index (χ2v) is 12.9. The summed E-state index contributed by atoms with van der Waals surface area (Å²) < 4.78 is 5.42. The van der Waals surface area contributed by atoms with Gasteiger partial charge in [-0.1, -0.05) is 61.3 Å². The smallest absolute Gasteiger partial charge is 0.408 e. The molecule has 2 rings (SSSR count). The van der Waals surface area contributed by atoms with Crippen molar-refractivity contribution in [1.82, 2.24) is 10.2 Å². The zero-order valence-corrected chi connectivity index (χ0v) is 27.5. The van der Waals surface area contributed by atoms with Crippen LogP contribution in [0.2, 0.25) is 5.02 Å². The summed E-state index contributed by atoms with van der Waals surface area (Å²) in [5.41, 5.74) is 3.16. The number of benzene rings is 2. The second kappa shape index (κ2) is 15.0. The van der Waals surface area contributed by atoms with Crippen LogP contribution in [-0.4, -0.2) is 46.2 Å². The van der Waals surface area contributed by atoms with Crippen molar-refractivity contribution in [2.45, 2.75) is 98.9 Å². The Balaban J connectivity index is 2.66. The first-order valence-electron chi connectivity index (χ1n) is 14.1. The Labute approximate surface area is 256 Å². The zero-order chi connectivity index (χ0) is 31.1. The van der Waals surface area contributed by atoms with Crippen LogP contribution in [0.1, 0.15) is 82.7 Å². The molecule has 3 amide bonds. The van der Waals surface area contributed by atoms with E-state index >= 15 is 0 Å². The molecule has 0 bridgehead atoms. The molecule has 41 heavy (non-hydrogen) atoms. The van der Waals surface area contributed by atoms with E-state index in [2.05, 4.69) is 37.1 Å². The molecule has 2 aromatic carbocycles. The third-order valence-corrected chi connectivity index (χ3v) is 7.46. The molecule has 0 aliphatic rings. The Morgan fingerprint density at radius 1 is 1.00 bits per heavy atom. The Morgan fingerprint density at radius 3 is 2.20 bits per heavy atom. The Kier molecular flexibility index (Phi) is 12.6. The van der Waals surface area contributed by atoms with Crippen LogP contribution in [0.3, 0.4) is 0 Å². The third kappa shape index (κ3) is 9.96. The van der Waals surface area contributed by atoms with Crippen LogP contribution < -0.4 is 10.6 Å². The van der Waals surface area contributed by atoms with Gasteiger partial charge in [0.1, 0.15) is 17.7 Å². The average Bonchev–Trinajstić information content (AvgIpc) is 2.85. The van der Waals surface area contributed by atoms with Gasteiger partial charge in [-0.05, 0) is 90.0 Å². The first kappa shape index (κ1) is 34.5. The fraction of sp³-hybridized carbons (Fsp3) is 0.531. The highest BCUT2D eigenvalue weighted by Crippen LogP contribution is 2.33. The lowest BCUT2D eigenvalue weighted by Gasteiger charge is -2.39. The minimum atomic E-state index is -1.02. The molecule has 226 valence electrons. The van der Waals surface area contributed by atoms with E-state index < -0.39 is 35.6 Å². The van der Waals surface area contributed by atoms with Crippen molar-refractivity contribution in [2.24, 2.45) is 5.92 Å². The maximum atomic E-state index is 14.3. The van der Waals surface area contributed by atoms with Gasteiger partial charge in [-0.25, -0.2) is 4.79 Å². The molecule has 0 aliphatic carbocycles. The largest absolute Gasteiger partial charge is 0.444 e. The first-order chi connectivity index (χ1) is 19.0. The molecule has 0 aliphatic heterocycles. The van der Waals surface area contributed by atoms with Crippen LogP contribution in [-0.2, 0) is 14.3 Å². The molecule has 0 spiro atoms. The van der Waals surface area contributed by atoms with E-state index in [1.165, 1.54) is 0 Å². The van der Waals surface area contributed by atoms with Gasteiger partial charge in [0.2, 0.25) is 5.91 Å². The summed E-state index contributed by atoms with van der Waals surface area (Å²) in [7, 11) is 0. The van der Waals surface area contributed by atoms with Crippen molar-refractivity contribution in [1.29, 1.82) is 0 Å². The van der Waals surface area contributed by atoms with Crippen molar-refractivity contribution < 1.29 is 19.1 Å². The van der Waals surface area contributed by atoms with E-state index in [4.69, 9.17) is 16.3 Å². The summed E-state index contributed by atoms with van der Waals surface area (Å²) in [5, 5.41) is 6.09. The predicted octanol–water partition coefficient (Wildman–Crippen LogP) is 7.42. The summed E-state index contributed by atoms with van der Waals surface area (Å²) in [5.74, 6) is -0.392. The number of aryl methyl sites for hydroxylation is 3. The van der Waals surface area contributed by atoms with Gasteiger partial charge in [-0.2, -0.15) is 12.6 Å². The Morgan fingerprint density at radius 2 is 1.66 bits per heavy atom. The van der Waals surface area contributed by atoms with E-state index in [0.717, 1.165) is 23.1 Å². The molecule has 0 radical (unpaired) electrons. The highest BCUT2D eigenvalue weighted by Gasteiger charge is 2.39. The van der Waals surface area contributed by atoms with Crippen LogP contribution in [0, 0.1) is 26.7 Å². The van der Waals surface area contributed by atoms with Crippen LogP contribution >= 0.6 is 24.2 Å². The topological polar surface area (TPSA) is 87.7 Å². The number of nitrogens with one attached hydrogen (secondary N) is 2. The normalized spacial score (nSPS) is 13.8. The highest BCUT2D eigenvalue weighted by atomic mass is 35.5. The van der Waals surface area contributed by atoms with Crippen molar-refractivity contribution in [3.8, 4) is 0 Å². The molecule has 0 saturated heterocycles. The number of hydrogen-bond acceptors (Lipinski definition) is 5. The Bertz CT molecular complexity index is 1210. The summed E-state index contributed by atoms with van der Waals surface area (Å²) in [6.45, 7) is 17.2. The van der Waals surface area contributed by atoms with Gasteiger partial charge < -0.3 is 20.3 Å². The number of nitrogens with zero attached hydrogens (tertiary/aromatic N) is 1. The number of anilines is 1. The predicted molar refractivity (Wildman–Crippen MR) is 171 cm³/mol. The van der Waals surface area contributed by atoms with Gasteiger partial charge >= 0.3 is 6.09 Å². The number of para-hydroxylation sites is 1. The third-order valence-electron chi connectivity index (χ3n) is 6.78.